The molecule has 0 aromatic heterocycles. The van der Waals surface area contributed by atoms with E-state index in [2.05, 4.69) is 11.8 Å². The Balaban J connectivity index is 2.51. The average Bonchev–Trinajstić information content (AvgIpc) is 3.21. The molecule has 1 fully saturated rings. The minimum atomic E-state index is -0.249. The second-order valence-electron chi connectivity index (χ2n) is 4.94. The van der Waals surface area contributed by atoms with E-state index in [9.17, 15) is 4.79 Å². The fraction of sp³-hybridized carbons (Fsp3) is 0.786. The zero-order chi connectivity index (χ0) is 13.5. The van der Waals surface area contributed by atoms with E-state index in [1.165, 1.54) is 20.0 Å². The highest BCUT2D eigenvalue weighted by molar-refractivity contribution is 5.87. The number of esters is 1. The lowest BCUT2D eigenvalue weighted by Gasteiger charge is -2.27. The lowest BCUT2D eigenvalue weighted by Crippen LogP contribution is -2.37. The lowest BCUT2D eigenvalue weighted by atomic mass is 10.1. The highest BCUT2D eigenvalue weighted by Gasteiger charge is 2.31. The molecule has 0 bridgehead atoms. The first-order valence-corrected chi connectivity index (χ1v) is 6.58. The topological polar surface area (TPSA) is 38.8 Å². The Labute approximate surface area is 110 Å². The third kappa shape index (κ3) is 4.78. The van der Waals surface area contributed by atoms with Crippen LogP contribution >= 0.6 is 0 Å². The first kappa shape index (κ1) is 15.2. The van der Waals surface area contributed by atoms with Gasteiger partial charge in [-0.1, -0.05) is 6.08 Å². The second-order valence-corrected chi connectivity index (χ2v) is 4.94. The molecule has 0 spiro atoms. The zero-order valence-electron chi connectivity index (χ0n) is 11.9. The maximum atomic E-state index is 11.3. The summed E-state index contributed by atoms with van der Waals surface area (Å²) in [5, 5.41) is 0. The Morgan fingerprint density at radius 1 is 1.44 bits per heavy atom. The standard InChI is InChI=1S/C14H25NO3/c1-11(14(16)18-4)7-8-15(9-10-17-3)12(2)13-5-6-13/h7,12-13H,5-6,8-10H2,1-4H3. The molecule has 0 N–H and O–H groups in total. The van der Waals surface area contributed by atoms with Crippen LogP contribution in [0.2, 0.25) is 0 Å². The Bertz CT molecular complexity index is 297. The van der Waals surface area contributed by atoms with Gasteiger partial charge in [0.15, 0.2) is 0 Å². The summed E-state index contributed by atoms with van der Waals surface area (Å²) < 4.78 is 9.84. The van der Waals surface area contributed by atoms with Crippen LogP contribution in [-0.4, -0.2) is 50.8 Å². The summed E-state index contributed by atoms with van der Waals surface area (Å²) in [4.78, 5) is 13.7. The molecule has 18 heavy (non-hydrogen) atoms. The Morgan fingerprint density at radius 2 is 2.11 bits per heavy atom. The number of carbonyl (C=O) groups is 1. The van der Waals surface area contributed by atoms with Gasteiger partial charge in [0.05, 0.1) is 13.7 Å². The minimum Gasteiger partial charge on any atom is -0.466 e. The molecular weight excluding hydrogens is 230 g/mol. The third-order valence-electron chi connectivity index (χ3n) is 3.60. The number of hydrogen-bond donors (Lipinski definition) is 0. The molecule has 0 aromatic rings. The van der Waals surface area contributed by atoms with Crippen molar-refractivity contribution < 1.29 is 14.3 Å². The summed E-state index contributed by atoms with van der Waals surface area (Å²) in [5.74, 6) is 0.564. The van der Waals surface area contributed by atoms with Crippen molar-refractivity contribution in [2.45, 2.75) is 32.7 Å². The van der Waals surface area contributed by atoms with Crippen LogP contribution in [0.15, 0.2) is 11.6 Å². The predicted octanol–water partition coefficient (Wildman–Crippen LogP) is 1.85. The van der Waals surface area contributed by atoms with Crippen molar-refractivity contribution in [3.8, 4) is 0 Å². The molecule has 4 heteroatoms. The molecule has 1 saturated carbocycles. The van der Waals surface area contributed by atoms with Crippen LogP contribution in [0.5, 0.6) is 0 Å². The van der Waals surface area contributed by atoms with Gasteiger partial charge in [-0.15, -0.1) is 0 Å². The van der Waals surface area contributed by atoms with Crippen molar-refractivity contribution in [3.63, 3.8) is 0 Å². The van der Waals surface area contributed by atoms with E-state index in [0.717, 1.165) is 25.6 Å². The van der Waals surface area contributed by atoms with Crippen LogP contribution in [0.4, 0.5) is 0 Å². The van der Waals surface area contributed by atoms with Gasteiger partial charge in [-0.05, 0) is 32.6 Å². The van der Waals surface area contributed by atoms with Gasteiger partial charge in [-0.3, -0.25) is 4.90 Å². The first-order chi connectivity index (χ1) is 8.60. The van der Waals surface area contributed by atoms with Crippen LogP contribution in [-0.2, 0) is 14.3 Å². The normalized spacial score (nSPS) is 17.9. The van der Waals surface area contributed by atoms with Gasteiger partial charge in [-0.2, -0.15) is 0 Å². The van der Waals surface area contributed by atoms with Gasteiger partial charge in [0, 0.05) is 31.8 Å². The quantitative estimate of drug-likeness (QED) is 0.490. The Kier molecular flexibility index (Phi) is 6.36. The molecule has 1 rings (SSSR count). The number of hydrogen-bond acceptors (Lipinski definition) is 4. The van der Waals surface area contributed by atoms with Crippen molar-refractivity contribution in [2.75, 3.05) is 33.9 Å². The van der Waals surface area contributed by atoms with Crippen LogP contribution in [0.3, 0.4) is 0 Å². The summed E-state index contributed by atoms with van der Waals surface area (Å²) in [5.41, 5.74) is 0.669. The maximum absolute atomic E-state index is 11.3. The number of methoxy groups -OCH3 is 2. The van der Waals surface area contributed by atoms with Crippen LogP contribution < -0.4 is 0 Å². The molecule has 0 aliphatic heterocycles. The van der Waals surface area contributed by atoms with Gasteiger partial charge >= 0.3 is 5.97 Å². The van der Waals surface area contributed by atoms with E-state index < -0.39 is 0 Å². The molecule has 104 valence electrons. The fourth-order valence-electron chi connectivity index (χ4n) is 2.05. The molecule has 1 aliphatic carbocycles. The predicted molar refractivity (Wildman–Crippen MR) is 71.4 cm³/mol. The van der Waals surface area contributed by atoms with Crippen molar-refractivity contribution in [1.82, 2.24) is 4.90 Å². The maximum Gasteiger partial charge on any atom is 0.333 e. The van der Waals surface area contributed by atoms with E-state index in [1.54, 1.807) is 14.0 Å². The van der Waals surface area contributed by atoms with E-state index in [0.29, 0.717) is 11.6 Å². The van der Waals surface area contributed by atoms with Gasteiger partial charge < -0.3 is 9.47 Å². The van der Waals surface area contributed by atoms with Crippen LogP contribution in [0, 0.1) is 5.92 Å². The van der Waals surface area contributed by atoms with Gasteiger partial charge in [0.25, 0.3) is 0 Å². The molecule has 0 amide bonds. The fourth-order valence-corrected chi connectivity index (χ4v) is 2.05. The number of nitrogens with zero attached hydrogens (tertiary/aromatic N) is 1. The summed E-state index contributed by atoms with van der Waals surface area (Å²) in [6.45, 7) is 6.46. The minimum absolute atomic E-state index is 0.249. The third-order valence-corrected chi connectivity index (χ3v) is 3.60. The molecule has 0 saturated heterocycles. The summed E-state index contributed by atoms with van der Waals surface area (Å²) in [6.07, 6.45) is 4.59. The molecule has 1 unspecified atom stereocenters. The second kappa shape index (κ2) is 7.54. The number of ether oxygens (including phenoxy) is 2. The zero-order valence-corrected chi connectivity index (χ0v) is 11.9. The summed E-state index contributed by atoms with van der Waals surface area (Å²) in [7, 11) is 3.13. The van der Waals surface area contributed by atoms with E-state index in [4.69, 9.17) is 9.47 Å². The molecule has 1 aliphatic rings. The number of carbonyl (C=O) groups excluding carboxylic acids is 1. The monoisotopic (exact) mass is 255 g/mol. The molecule has 0 aromatic carbocycles. The van der Waals surface area contributed by atoms with Crippen molar-refractivity contribution >= 4 is 5.97 Å². The molecule has 1 atom stereocenters. The summed E-state index contributed by atoms with van der Waals surface area (Å²) in [6, 6.07) is 0.557. The van der Waals surface area contributed by atoms with Crippen molar-refractivity contribution in [1.29, 1.82) is 0 Å². The first-order valence-electron chi connectivity index (χ1n) is 6.58. The van der Waals surface area contributed by atoms with Crippen LogP contribution in [0.1, 0.15) is 26.7 Å². The van der Waals surface area contributed by atoms with E-state index in [1.807, 2.05) is 6.08 Å². The van der Waals surface area contributed by atoms with E-state index >= 15 is 0 Å². The SMILES string of the molecule is COCCN(CC=C(C)C(=O)OC)C(C)C1CC1. The van der Waals surface area contributed by atoms with Crippen LogP contribution in [0.25, 0.3) is 0 Å². The Hall–Kier alpha value is -0.870. The van der Waals surface area contributed by atoms with Crippen molar-refractivity contribution in [2.24, 2.45) is 5.92 Å². The van der Waals surface area contributed by atoms with Gasteiger partial charge in [-0.25, -0.2) is 4.79 Å². The van der Waals surface area contributed by atoms with Gasteiger partial charge in [0.2, 0.25) is 0 Å². The van der Waals surface area contributed by atoms with E-state index in [-0.39, 0.29) is 5.97 Å². The Morgan fingerprint density at radius 3 is 2.61 bits per heavy atom. The summed E-state index contributed by atoms with van der Waals surface area (Å²) >= 11 is 0. The molecular formula is C14H25NO3. The average molecular weight is 255 g/mol. The smallest absolute Gasteiger partial charge is 0.333 e. The van der Waals surface area contributed by atoms with Gasteiger partial charge in [0.1, 0.15) is 0 Å². The lowest BCUT2D eigenvalue weighted by molar-refractivity contribution is -0.136. The largest absolute Gasteiger partial charge is 0.466 e. The highest BCUT2D eigenvalue weighted by Crippen LogP contribution is 2.35. The van der Waals surface area contributed by atoms with Crippen molar-refractivity contribution in [3.05, 3.63) is 11.6 Å². The molecule has 4 nitrogen and oxygen atoms in total. The molecule has 0 radical (unpaired) electrons. The highest BCUT2D eigenvalue weighted by atomic mass is 16.5. The molecule has 0 heterocycles. The number of rotatable bonds is 8.